The highest BCUT2D eigenvalue weighted by Crippen LogP contribution is 2.37. The molecular weight excluding hydrogens is 483 g/mol. The van der Waals surface area contributed by atoms with Gasteiger partial charge in [0.2, 0.25) is 0 Å². The number of carboxylic acid groups (broad SMARTS) is 1. The highest BCUT2D eigenvalue weighted by atomic mass is 35.5. The average Bonchev–Trinajstić information content (AvgIpc) is 3.17. The Hall–Kier alpha value is -3.79. The van der Waals surface area contributed by atoms with Crippen LogP contribution in [-0.2, 0) is 6.18 Å². The summed E-state index contributed by atoms with van der Waals surface area (Å²) in [5, 5.41) is 13.1. The molecule has 174 valence electrons. The summed E-state index contributed by atoms with van der Waals surface area (Å²) in [7, 11) is 0. The van der Waals surface area contributed by atoms with Crippen molar-refractivity contribution in [2.45, 2.75) is 12.6 Å². The maximum Gasteiger partial charge on any atom is 0.417 e. The average molecular weight is 495 g/mol. The lowest BCUT2D eigenvalue weighted by Crippen LogP contribution is -2.20. The zero-order valence-corrected chi connectivity index (χ0v) is 17.5. The van der Waals surface area contributed by atoms with Crippen LogP contribution in [0.4, 0.5) is 22.0 Å². The number of carboxylic acids is 1. The first-order chi connectivity index (χ1) is 16.0. The van der Waals surface area contributed by atoms with Crippen molar-refractivity contribution in [1.29, 1.82) is 0 Å². The first-order valence-corrected chi connectivity index (χ1v) is 9.92. The fourth-order valence-electron chi connectivity index (χ4n) is 3.60. The number of aromatic nitrogens is 2. The number of aromatic carboxylic acids is 1. The van der Waals surface area contributed by atoms with Crippen molar-refractivity contribution < 1.29 is 36.6 Å². The normalized spacial score (nSPS) is 11.9. The van der Waals surface area contributed by atoms with Gasteiger partial charge < -0.3 is 5.11 Å². The zero-order valence-electron chi connectivity index (χ0n) is 16.8. The van der Waals surface area contributed by atoms with Crippen LogP contribution >= 0.6 is 11.6 Å². The van der Waals surface area contributed by atoms with E-state index in [1.54, 1.807) is 6.07 Å². The number of rotatable bonds is 4. The van der Waals surface area contributed by atoms with E-state index in [1.165, 1.54) is 24.3 Å². The van der Waals surface area contributed by atoms with E-state index in [0.29, 0.717) is 10.7 Å². The van der Waals surface area contributed by atoms with Crippen molar-refractivity contribution in [2.75, 3.05) is 0 Å². The Kier molecular flexibility index (Phi) is 5.86. The first-order valence-electron chi connectivity index (χ1n) is 9.54. The number of halogens is 6. The summed E-state index contributed by atoms with van der Waals surface area (Å²) in [5.74, 6) is -2.72. The number of carbonyl (C=O) groups is 2. The topological polar surface area (TPSA) is 72.2 Å². The molecule has 0 fully saturated rings. The van der Waals surface area contributed by atoms with Gasteiger partial charge in [0.05, 0.1) is 27.2 Å². The molecule has 0 atom stereocenters. The second-order valence-electron chi connectivity index (χ2n) is 7.15. The van der Waals surface area contributed by atoms with Gasteiger partial charge in [0.25, 0.3) is 12.3 Å². The van der Waals surface area contributed by atoms with Crippen LogP contribution in [0.2, 0.25) is 5.02 Å². The highest BCUT2D eigenvalue weighted by molar-refractivity contribution is 6.34. The van der Waals surface area contributed by atoms with Gasteiger partial charge in [-0.3, -0.25) is 4.79 Å². The molecule has 11 heteroatoms. The highest BCUT2D eigenvalue weighted by Gasteiger charge is 2.37. The van der Waals surface area contributed by atoms with Crippen LogP contribution in [-0.4, -0.2) is 26.8 Å². The molecule has 0 radical (unpaired) electrons. The molecule has 1 N–H and O–H groups in total. The fourth-order valence-corrected chi connectivity index (χ4v) is 3.86. The maximum atomic E-state index is 13.6. The van der Waals surface area contributed by atoms with Gasteiger partial charge in [0, 0.05) is 16.5 Å². The maximum absolute atomic E-state index is 13.6. The molecule has 0 bridgehead atoms. The number of benzene rings is 3. The van der Waals surface area contributed by atoms with Gasteiger partial charge in [-0.15, -0.1) is 0 Å². The lowest BCUT2D eigenvalue weighted by molar-refractivity contribution is -0.137. The van der Waals surface area contributed by atoms with Crippen LogP contribution in [0.1, 0.15) is 38.3 Å². The number of hydrogen-bond donors (Lipinski definition) is 1. The molecule has 4 aromatic rings. The third-order valence-electron chi connectivity index (χ3n) is 5.10. The minimum Gasteiger partial charge on any atom is -0.478 e. The largest absolute Gasteiger partial charge is 0.478 e. The van der Waals surface area contributed by atoms with E-state index in [-0.39, 0.29) is 22.2 Å². The summed E-state index contributed by atoms with van der Waals surface area (Å²) in [4.78, 5) is 24.5. The minimum atomic E-state index is -4.87. The van der Waals surface area contributed by atoms with Crippen LogP contribution in [0.25, 0.3) is 22.2 Å². The van der Waals surface area contributed by atoms with Crippen molar-refractivity contribution in [2.24, 2.45) is 0 Å². The van der Waals surface area contributed by atoms with Crippen molar-refractivity contribution in [3.05, 3.63) is 87.9 Å². The second kappa shape index (κ2) is 8.53. The summed E-state index contributed by atoms with van der Waals surface area (Å²) >= 11 is 5.96. The molecule has 0 aliphatic carbocycles. The SMILES string of the molecule is O=C(O)c1ccc(-c2nn(C(=O)c3c(Cl)cccc3C(F)(F)F)c3ccccc23)cc1C(F)F. The molecular formula is C23H12ClF5N2O3. The van der Waals surface area contributed by atoms with Crippen molar-refractivity contribution >= 4 is 34.4 Å². The molecule has 1 heterocycles. The summed E-state index contributed by atoms with van der Waals surface area (Å²) in [6, 6.07) is 12.1. The van der Waals surface area contributed by atoms with E-state index in [4.69, 9.17) is 16.7 Å². The number of hydrogen-bond acceptors (Lipinski definition) is 3. The number of carbonyl (C=O) groups excluding carboxylic acids is 1. The number of para-hydroxylation sites is 1. The lowest BCUT2D eigenvalue weighted by Gasteiger charge is -2.13. The van der Waals surface area contributed by atoms with Gasteiger partial charge in [-0.1, -0.05) is 41.9 Å². The molecule has 0 amide bonds. The predicted molar refractivity (Wildman–Crippen MR) is 113 cm³/mol. The van der Waals surface area contributed by atoms with Gasteiger partial charge in [-0.05, 0) is 30.3 Å². The molecule has 34 heavy (non-hydrogen) atoms. The predicted octanol–water partition coefficient (Wildman–Crippen LogP) is 6.70. The van der Waals surface area contributed by atoms with Crippen LogP contribution in [0.3, 0.4) is 0 Å². The van der Waals surface area contributed by atoms with Gasteiger partial charge >= 0.3 is 12.1 Å². The fraction of sp³-hybridized carbons (Fsp3) is 0.0870. The van der Waals surface area contributed by atoms with E-state index in [0.717, 1.165) is 24.3 Å². The molecule has 1 aromatic heterocycles. The van der Waals surface area contributed by atoms with Crippen molar-refractivity contribution in [3.63, 3.8) is 0 Å². The Bertz CT molecular complexity index is 1450. The number of fused-ring (bicyclic) bond motifs is 1. The molecule has 0 saturated carbocycles. The summed E-state index contributed by atoms with van der Waals surface area (Å²) in [6.45, 7) is 0. The Morgan fingerprint density at radius 3 is 2.35 bits per heavy atom. The zero-order chi connectivity index (χ0) is 24.8. The molecule has 5 nitrogen and oxygen atoms in total. The van der Waals surface area contributed by atoms with Crippen LogP contribution in [0, 0.1) is 0 Å². The Morgan fingerprint density at radius 1 is 1.00 bits per heavy atom. The summed E-state index contributed by atoms with van der Waals surface area (Å²) in [6.07, 6.45) is -7.99. The van der Waals surface area contributed by atoms with Gasteiger partial charge in [0.15, 0.2) is 0 Å². The summed E-state index contributed by atoms with van der Waals surface area (Å²) < 4.78 is 68.4. The van der Waals surface area contributed by atoms with E-state index < -0.39 is 51.8 Å². The van der Waals surface area contributed by atoms with Gasteiger partial charge in [0.1, 0.15) is 5.69 Å². The molecule has 0 aliphatic rings. The standard InChI is InChI=1S/C23H12ClF5N2O3/c24-16-6-3-5-15(23(27,28)29)18(16)21(32)31-17-7-2-1-4-13(17)19(30-31)11-8-9-12(22(33)34)14(10-11)20(25)26/h1-10,20H,(H,33,34). The van der Waals surface area contributed by atoms with Crippen LogP contribution in [0.5, 0.6) is 0 Å². The Labute approximate surface area is 193 Å². The molecule has 0 aliphatic heterocycles. The van der Waals surface area contributed by atoms with E-state index in [9.17, 15) is 31.5 Å². The Balaban J connectivity index is 1.95. The Morgan fingerprint density at radius 2 is 1.71 bits per heavy atom. The van der Waals surface area contributed by atoms with E-state index >= 15 is 0 Å². The van der Waals surface area contributed by atoms with Crippen LogP contribution < -0.4 is 0 Å². The number of alkyl halides is 5. The third kappa shape index (κ3) is 4.01. The van der Waals surface area contributed by atoms with E-state index in [2.05, 4.69) is 5.10 Å². The third-order valence-corrected chi connectivity index (χ3v) is 5.42. The minimum absolute atomic E-state index is 0.00315. The van der Waals surface area contributed by atoms with Crippen molar-refractivity contribution in [3.8, 4) is 11.3 Å². The van der Waals surface area contributed by atoms with Gasteiger partial charge in [-0.25, -0.2) is 13.6 Å². The molecule has 0 saturated heterocycles. The molecule has 3 aromatic carbocycles. The molecule has 0 unspecified atom stereocenters. The molecule has 4 rings (SSSR count). The lowest BCUT2D eigenvalue weighted by atomic mass is 10.0. The monoisotopic (exact) mass is 494 g/mol. The smallest absolute Gasteiger partial charge is 0.417 e. The second-order valence-corrected chi connectivity index (χ2v) is 7.56. The molecule has 0 spiro atoms. The van der Waals surface area contributed by atoms with Crippen molar-refractivity contribution in [1.82, 2.24) is 9.78 Å². The summed E-state index contributed by atoms with van der Waals surface area (Å²) in [5.41, 5.74) is -3.27. The van der Waals surface area contributed by atoms with Crippen LogP contribution in [0.15, 0.2) is 60.7 Å². The number of nitrogens with zero attached hydrogens (tertiary/aromatic N) is 2. The van der Waals surface area contributed by atoms with E-state index in [1.807, 2.05) is 0 Å². The van der Waals surface area contributed by atoms with Gasteiger partial charge in [-0.2, -0.15) is 23.0 Å². The quantitative estimate of drug-likeness (QED) is 0.320. The first kappa shape index (κ1) is 23.4.